The van der Waals surface area contributed by atoms with Gasteiger partial charge in [-0.25, -0.2) is 5.84 Å². The molecule has 4 nitrogen and oxygen atoms in total. The summed E-state index contributed by atoms with van der Waals surface area (Å²) < 4.78 is 1.70. The SMILES string of the molecule is Cn1cccc1C(=O)NN. The lowest BCUT2D eigenvalue weighted by atomic mass is 10.4. The molecule has 0 atom stereocenters. The molecule has 1 aromatic heterocycles. The first-order valence-electron chi connectivity index (χ1n) is 2.88. The van der Waals surface area contributed by atoms with Crippen molar-refractivity contribution in [3.8, 4) is 0 Å². The number of hydrazine groups is 1. The first-order valence-corrected chi connectivity index (χ1v) is 2.88. The molecular formula is C6H9N3O. The second-order valence-corrected chi connectivity index (χ2v) is 1.98. The second kappa shape index (κ2) is 2.53. The van der Waals surface area contributed by atoms with Crippen LogP contribution in [0.1, 0.15) is 10.5 Å². The van der Waals surface area contributed by atoms with E-state index in [-0.39, 0.29) is 5.91 Å². The highest BCUT2D eigenvalue weighted by Crippen LogP contribution is 1.97. The number of carbonyl (C=O) groups excluding carboxylic acids is 1. The summed E-state index contributed by atoms with van der Waals surface area (Å²) in [6.07, 6.45) is 1.78. The van der Waals surface area contributed by atoms with Gasteiger partial charge in [0.1, 0.15) is 5.69 Å². The number of rotatable bonds is 1. The molecule has 0 spiro atoms. The van der Waals surface area contributed by atoms with Crippen LogP contribution in [0.25, 0.3) is 0 Å². The van der Waals surface area contributed by atoms with Crippen LogP contribution in [0.3, 0.4) is 0 Å². The van der Waals surface area contributed by atoms with Crippen molar-refractivity contribution in [3.63, 3.8) is 0 Å². The lowest BCUT2D eigenvalue weighted by Gasteiger charge is -1.98. The van der Waals surface area contributed by atoms with Crippen LogP contribution in [-0.4, -0.2) is 10.5 Å². The summed E-state index contributed by atoms with van der Waals surface area (Å²) in [4.78, 5) is 10.8. The molecule has 10 heavy (non-hydrogen) atoms. The maximum absolute atomic E-state index is 10.8. The van der Waals surface area contributed by atoms with E-state index in [1.807, 2.05) is 5.43 Å². The summed E-state index contributed by atoms with van der Waals surface area (Å²) in [5, 5.41) is 0. The van der Waals surface area contributed by atoms with E-state index in [1.165, 1.54) is 0 Å². The standard InChI is InChI=1S/C6H9N3O/c1-9-4-2-3-5(9)6(10)8-7/h2-4H,7H2,1H3,(H,8,10). The number of nitrogen functional groups attached to an aromatic ring is 1. The van der Waals surface area contributed by atoms with E-state index < -0.39 is 0 Å². The molecule has 0 bridgehead atoms. The minimum atomic E-state index is -0.271. The molecule has 0 aliphatic rings. The summed E-state index contributed by atoms with van der Waals surface area (Å²) in [6, 6.07) is 3.48. The minimum absolute atomic E-state index is 0.271. The van der Waals surface area contributed by atoms with Crippen LogP contribution in [0, 0.1) is 0 Å². The van der Waals surface area contributed by atoms with Gasteiger partial charge in [0.2, 0.25) is 0 Å². The molecular weight excluding hydrogens is 130 g/mol. The summed E-state index contributed by atoms with van der Waals surface area (Å²) in [5.41, 5.74) is 2.61. The van der Waals surface area contributed by atoms with Gasteiger partial charge in [-0.2, -0.15) is 0 Å². The maximum Gasteiger partial charge on any atom is 0.281 e. The topological polar surface area (TPSA) is 60.0 Å². The third-order valence-electron chi connectivity index (χ3n) is 1.31. The van der Waals surface area contributed by atoms with Gasteiger partial charge in [0.25, 0.3) is 5.91 Å². The van der Waals surface area contributed by atoms with Crippen molar-refractivity contribution in [1.29, 1.82) is 0 Å². The van der Waals surface area contributed by atoms with E-state index in [0.717, 1.165) is 0 Å². The number of hydrogen-bond acceptors (Lipinski definition) is 2. The Balaban J connectivity index is 2.93. The van der Waals surface area contributed by atoms with E-state index in [9.17, 15) is 4.79 Å². The fraction of sp³-hybridized carbons (Fsp3) is 0.167. The maximum atomic E-state index is 10.8. The van der Waals surface area contributed by atoms with Gasteiger partial charge in [-0.1, -0.05) is 0 Å². The number of hydrogen-bond donors (Lipinski definition) is 2. The van der Waals surface area contributed by atoms with Crippen molar-refractivity contribution in [2.75, 3.05) is 0 Å². The molecule has 0 unspecified atom stereocenters. The summed E-state index contributed by atoms with van der Waals surface area (Å²) in [5.74, 6) is 4.65. The molecule has 0 radical (unpaired) electrons. The molecule has 0 saturated carbocycles. The lowest BCUT2D eigenvalue weighted by molar-refractivity contribution is 0.0945. The molecule has 1 rings (SSSR count). The highest BCUT2D eigenvalue weighted by atomic mass is 16.2. The molecule has 4 heteroatoms. The molecule has 54 valence electrons. The van der Waals surface area contributed by atoms with Gasteiger partial charge in [-0.15, -0.1) is 0 Å². The molecule has 0 saturated heterocycles. The predicted octanol–water partition coefficient (Wildman–Crippen LogP) is -0.371. The molecule has 1 amide bonds. The number of nitrogens with one attached hydrogen (secondary N) is 1. The summed E-state index contributed by atoms with van der Waals surface area (Å²) >= 11 is 0. The third-order valence-corrected chi connectivity index (χ3v) is 1.31. The highest BCUT2D eigenvalue weighted by Gasteiger charge is 2.04. The molecule has 3 N–H and O–H groups in total. The van der Waals surface area contributed by atoms with Crippen LogP contribution in [0.4, 0.5) is 0 Å². The first-order chi connectivity index (χ1) is 4.75. The van der Waals surface area contributed by atoms with Crippen molar-refractivity contribution in [1.82, 2.24) is 9.99 Å². The van der Waals surface area contributed by atoms with E-state index in [4.69, 9.17) is 5.84 Å². The van der Waals surface area contributed by atoms with Gasteiger partial charge >= 0.3 is 0 Å². The average molecular weight is 139 g/mol. The van der Waals surface area contributed by atoms with Crippen LogP contribution in [0.15, 0.2) is 18.3 Å². The summed E-state index contributed by atoms with van der Waals surface area (Å²) in [7, 11) is 1.78. The Morgan fingerprint density at radius 1 is 1.80 bits per heavy atom. The monoisotopic (exact) mass is 139 g/mol. The van der Waals surface area contributed by atoms with Crippen molar-refractivity contribution in [2.24, 2.45) is 12.9 Å². The van der Waals surface area contributed by atoms with Gasteiger partial charge in [0.05, 0.1) is 0 Å². The Morgan fingerprint density at radius 3 is 2.90 bits per heavy atom. The van der Waals surface area contributed by atoms with Crippen molar-refractivity contribution in [2.45, 2.75) is 0 Å². The van der Waals surface area contributed by atoms with Gasteiger partial charge in [0, 0.05) is 13.2 Å². The fourth-order valence-corrected chi connectivity index (χ4v) is 0.771. The van der Waals surface area contributed by atoms with Crippen LogP contribution in [0.5, 0.6) is 0 Å². The van der Waals surface area contributed by atoms with E-state index >= 15 is 0 Å². The van der Waals surface area contributed by atoms with Crippen LogP contribution in [-0.2, 0) is 7.05 Å². The zero-order valence-corrected chi connectivity index (χ0v) is 5.66. The van der Waals surface area contributed by atoms with Crippen LogP contribution < -0.4 is 11.3 Å². The van der Waals surface area contributed by atoms with Gasteiger partial charge in [-0.3, -0.25) is 10.2 Å². The fourth-order valence-electron chi connectivity index (χ4n) is 0.771. The van der Waals surface area contributed by atoms with Crippen LogP contribution in [0.2, 0.25) is 0 Å². The predicted molar refractivity (Wildman–Crippen MR) is 37.1 cm³/mol. The Bertz CT molecular complexity index is 241. The lowest BCUT2D eigenvalue weighted by Crippen LogP contribution is -2.31. The molecule has 0 aromatic carbocycles. The van der Waals surface area contributed by atoms with E-state index in [1.54, 1.807) is 29.9 Å². The number of amides is 1. The molecule has 1 aromatic rings. The number of aryl methyl sites for hydroxylation is 1. The quantitative estimate of drug-likeness (QED) is 0.317. The van der Waals surface area contributed by atoms with Gasteiger partial charge < -0.3 is 4.57 Å². The van der Waals surface area contributed by atoms with Crippen molar-refractivity contribution >= 4 is 5.91 Å². The van der Waals surface area contributed by atoms with E-state index in [2.05, 4.69) is 0 Å². The second-order valence-electron chi connectivity index (χ2n) is 1.98. The number of nitrogens with zero attached hydrogens (tertiary/aromatic N) is 1. The Kier molecular flexibility index (Phi) is 1.73. The zero-order chi connectivity index (χ0) is 7.56. The summed E-state index contributed by atoms with van der Waals surface area (Å²) in [6.45, 7) is 0. The third kappa shape index (κ3) is 1.01. The Labute approximate surface area is 58.6 Å². The molecule has 0 aliphatic heterocycles. The molecule has 1 heterocycles. The van der Waals surface area contributed by atoms with Gasteiger partial charge in [0.15, 0.2) is 0 Å². The Hall–Kier alpha value is -1.29. The average Bonchev–Trinajstić information content (AvgIpc) is 2.34. The largest absolute Gasteiger partial charge is 0.347 e. The number of carbonyl (C=O) groups is 1. The smallest absolute Gasteiger partial charge is 0.281 e. The zero-order valence-electron chi connectivity index (χ0n) is 5.66. The van der Waals surface area contributed by atoms with Crippen LogP contribution >= 0.6 is 0 Å². The van der Waals surface area contributed by atoms with Crippen molar-refractivity contribution < 1.29 is 4.79 Å². The first kappa shape index (κ1) is 6.82. The Morgan fingerprint density at radius 2 is 2.50 bits per heavy atom. The normalized spacial score (nSPS) is 9.40. The van der Waals surface area contributed by atoms with E-state index in [0.29, 0.717) is 5.69 Å². The molecule has 0 fully saturated rings. The highest BCUT2D eigenvalue weighted by molar-refractivity contribution is 5.92. The molecule has 0 aliphatic carbocycles. The number of aromatic nitrogens is 1. The van der Waals surface area contributed by atoms with Crippen molar-refractivity contribution in [3.05, 3.63) is 24.0 Å². The van der Waals surface area contributed by atoms with Gasteiger partial charge in [-0.05, 0) is 12.1 Å². The minimum Gasteiger partial charge on any atom is -0.347 e. The number of nitrogens with two attached hydrogens (primary N) is 1.